The van der Waals surface area contributed by atoms with Crippen molar-refractivity contribution in [1.29, 1.82) is 0 Å². The second-order valence-corrected chi connectivity index (χ2v) is 2.54. The third-order valence-corrected chi connectivity index (χ3v) is 1.39. The van der Waals surface area contributed by atoms with Crippen LogP contribution in [0.3, 0.4) is 0 Å². The molecule has 0 saturated heterocycles. The van der Waals surface area contributed by atoms with Gasteiger partial charge in [0, 0.05) is 7.11 Å². The average Bonchev–Trinajstić information content (AvgIpc) is 2.02. The molecule has 0 saturated carbocycles. The van der Waals surface area contributed by atoms with Gasteiger partial charge >= 0.3 is 0 Å². The van der Waals surface area contributed by atoms with E-state index >= 15 is 0 Å². The van der Waals surface area contributed by atoms with Crippen LogP contribution in [-0.4, -0.2) is 31.7 Å². The summed E-state index contributed by atoms with van der Waals surface area (Å²) in [5, 5.41) is 0. The first-order valence-electron chi connectivity index (χ1n) is 4.02. The molecule has 0 bridgehead atoms. The van der Waals surface area contributed by atoms with Gasteiger partial charge in [-0.15, -0.1) is 0 Å². The number of nitrogens with two attached hydrogens (primary N) is 3. The van der Waals surface area contributed by atoms with Crippen LogP contribution in [0.1, 0.15) is 13.3 Å². The fourth-order valence-corrected chi connectivity index (χ4v) is 0.787. The third-order valence-electron chi connectivity index (χ3n) is 1.39. The second kappa shape index (κ2) is 6.24. The first-order valence-corrected chi connectivity index (χ1v) is 4.02. The largest absolute Gasteiger partial charge is 0.382 e. The molecule has 1 unspecified atom stereocenters. The van der Waals surface area contributed by atoms with E-state index < -0.39 is 0 Å². The summed E-state index contributed by atoms with van der Waals surface area (Å²) in [4.78, 5) is 7.64. The maximum Gasteiger partial charge on any atom is 0.218 e. The summed E-state index contributed by atoms with van der Waals surface area (Å²) in [5.74, 6) is -0.00239. The van der Waals surface area contributed by atoms with Crippen LogP contribution in [0.4, 0.5) is 0 Å². The van der Waals surface area contributed by atoms with E-state index in [0.29, 0.717) is 6.61 Å². The summed E-state index contributed by atoms with van der Waals surface area (Å²) >= 11 is 0. The SMILES string of the molecule is CCC(COC)N=C(N)N=C(N)N. The van der Waals surface area contributed by atoms with Gasteiger partial charge in [-0.25, -0.2) is 4.99 Å². The van der Waals surface area contributed by atoms with Gasteiger partial charge in [0.25, 0.3) is 0 Å². The van der Waals surface area contributed by atoms with Crippen molar-refractivity contribution >= 4 is 11.9 Å². The number of hydrogen-bond donors (Lipinski definition) is 3. The van der Waals surface area contributed by atoms with Crippen molar-refractivity contribution in [1.82, 2.24) is 0 Å². The number of methoxy groups -OCH3 is 1. The van der Waals surface area contributed by atoms with Gasteiger partial charge in [0.1, 0.15) is 0 Å². The number of rotatable bonds is 4. The highest BCUT2D eigenvalue weighted by Crippen LogP contribution is 1.97. The topological polar surface area (TPSA) is 112 Å². The van der Waals surface area contributed by atoms with Gasteiger partial charge in [-0.1, -0.05) is 6.92 Å². The van der Waals surface area contributed by atoms with Gasteiger partial charge in [-0.2, -0.15) is 4.99 Å². The van der Waals surface area contributed by atoms with Crippen molar-refractivity contribution in [2.24, 2.45) is 27.2 Å². The minimum Gasteiger partial charge on any atom is -0.382 e. The van der Waals surface area contributed by atoms with Crippen LogP contribution in [0.5, 0.6) is 0 Å². The van der Waals surface area contributed by atoms with E-state index in [9.17, 15) is 0 Å². The first kappa shape index (κ1) is 11.7. The van der Waals surface area contributed by atoms with Crippen molar-refractivity contribution < 1.29 is 4.74 Å². The summed E-state index contributed by atoms with van der Waals surface area (Å²) in [6.45, 7) is 2.49. The van der Waals surface area contributed by atoms with Crippen LogP contribution in [-0.2, 0) is 4.74 Å². The van der Waals surface area contributed by atoms with Gasteiger partial charge in [0.05, 0.1) is 12.6 Å². The molecule has 0 aliphatic heterocycles. The van der Waals surface area contributed by atoms with Crippen molar-refractivity contribution in [3.05, 3.63) is 0 Å². The van der Waals surface area contributed by atoms with E-state index in [0.717, 1.165) is 6.42 Å². The van der Waals surface area contributed by atoms with Gasteiger partial charge in [-0.05, 0) is 6.42 Å². The Morgan fingerprint density at radius 3 is 2.38 bits per heavy atom. The molecule has 0 aromatic rings. The summed E-state index contributed by atoms with van der Waals surface area (Å²) in [6, 6.07) is 0.00750. The third kappa shape index (κ3) is 5.92. The highest BCUT2D eigenvalue weighted by Gasteiger charge is 2.03. The minimum atomic E-state index is -0.0893. The molecule has 0 aliphatic rings. The number of nitrogens with zero attached hydrogens (tertiary/aromatic N) is 2. The number of hydrogen-bond acceptors (Lipinski definition) is 2. The molecule has 6 heteroatoms. The Balaban J connectivity index is 4.24. The minimum absolute atomic E-state index is 0.00750. The fourth-order valence-electron chi connectivity index (χ4n) is 0.787. The van der Waals surface area contributed by atoms with E-state index in [-0.39, 0.29) is 18.0 Å². The van der Waals surface area contributed by atoms with E-state index in [1.807, 2.05) is 6.92 Å². The molecular formula is C7H17N5O. The molecule has 0 heterocycles. The van der Waals surface area contributed by atoms with Crippen molar-refractivity contribution in [2.75, 3.05) is 13.7 Å². The van der Waals surface area contributed by atoms with E-state index in [1.165, 1.54) is 0 Å². The quantitative estimate of drug-likeness (QED) is 0.387. The van der Waals surface area contributed by atoms with Crippen LogP contribution in [0.15, 0.2) is 9.98 Å². The van der Waals surface area contributed by atoms with Crippen molar-refractivity contribution in [2.45, 2.75) is 19.4 Å². The fraction of sp³-hybridized carbons (Fsp3) is 0.714. The van der Waals surface area contributed by atoms with Crippen LogP contribution < -0.4 is 17.2 Å². The Morgan fingerprint density at radius 1 is 1.38 bits per heavy atom. The average molecular weight is 187 g/mol. The molecule has 13 heavy (non-hydrogen) atoms. The van der Waals surface area contributed by atoms with E-state index in [4.69, 9.17) is 21.9 Å². The van der Waals surface area contributed by atoms with Gasteiger partial charge in [0.2, 0.25) is 5.96 Å². The van der Waals surface area contributed by atoms with Gasteiger partial charge < -0.3 is 21.9 Å². The Kier molecular flexibility index (Phi) is 5.62. The molecule has 0 amide bonds. The van der Waals surface area contributed by atoms with Crippen LogP contribution in [0.2, 0.25) is 0 Å². The second-order valence-electron chi connectivity index (χ2n) is 2.54. The lowest BCUT2D eigenvalue weighted by Crippen LogP contribution is -2.27. The highest BCUT2D eigenvalue weighted by atomic mass is 16.5. The first-order chi connectivity index (χ1) is 6.10. The van der Waals surface area contributed by atoms with Gasteiger partial charge in [0.15, 0.2) is 5.96 Å². The molecule has 76 valence electrons. The Labute approximate surface area is 77.9 Å². The lowest BCUT2D eigenvalue weighted by molar-refractivity contribution is 0.179. The van der Waals surface area contributed by atoms with Gasteiger partial charge in [-0.3, -0.25) is 0 Å². The standard InChI is InChI=1S/C7H17N5O/c1-3-5(4-13-2)11-7(10)12-6(8)9/h5H,3-4H2,1-2H3,(H6,8,9,10,11,12). The Bertz CT molecular complexity index is 197. The summed E-state index contributed by atoms with van der Waals surface area (Å²) < 4.78 is 4.93. The Morgan fingerprint density at radius 2 is 2.00 bits per heavy atom. The smallest absolute Gasteiger partial charge is 0.218 e. The summed E-state index contributed by atoms with van der Waals surface area (Å²) in [6.07, 6.45) is 0.828. The Hall–Kier alpha value is -1.30. The molecule has 0 aromatic heterocycles. The monoisotopic (exact) mass is 187 g/mol. The molecule has 1 atom stereocenters. The predicted octanol–water partition coefficient (Wildman–Crippen LogP) is -1.00. The highest BCUT2D eigenvalue weighted by molar-refractivity contribution is 5.92. The molecule has 0 spiro atoms. The van der Waals surface area contributed by atoms with Crippen LogP contribution in [0.25, 0.3) is 0 Å². The number of ether oxygens (including phenoxy) is 1. The molecule has 6 nitrogen and oxygen atoms in total. The lowest BCUT2D eigenvalue weighted by atomic mass is 10.2. The summed E-state index contributed by atoms with van der Waals surface area (Å²) in [5.41, 5.74) is 15.7. The van der Waals surface area contributed by atoms with Crippen molar-refractivity contribution in [3.8, 4) is 0 Å². The molecule has 0 radical (unpaired) electrons. The molecular weight excluding hydrogens is 170 g/mol. The predicted molar refractivity (Wildman–Crippen MR) is 53.4 cm³/mol. The van der Waals surface area contributed by atoms with Crippen LogP contribution in [0, 0.1) is 0 Å². The van der Waals surface area contributed by atoms with E-state index in [1.54, 1.807) is 7.11 Å². The summed E-state index contributed by atoms with van der Waals surface area (Å²) in [7, 11) is 1.61. The van der Waals surface area contributed by atoms with Crippen molar-refractivity contribution in [3.63, 3.8) is 0 Å². The lowest BCUT2D eigenvalue weighted by Gasteiger charge is -2.07. The normalized spacial score (nSPS) is 13.8. The number of guanidine groups is 2. The van der Waals surface area contributed by atoms with Crippen LogP contribution >= 0.6 is 0 Å². The molecule has 6 N–H and O–H groups in total. The molecule has 0 aliphatic carbocycles. The number of aliphatic imine (C=N–C) groups is 2. The zero-order valence-electron chi connectivity index (χ0n) is 8.03. The molecule has 0 aromatic carbocycles. The van der Waals surface area contributed by atoms with E-state index in [2.05, 4.69) is 9.98 Å². The zero-order chi connectivity index (χ0) is 10.3. The molecule has 0 fully saturated rings. The zero-order valence-corrected chi connectivity index (χ0v) is 8.03. The molecule has 0 rings (SSSR count). The maximum atomic E-state index is 5.43. The maximum absolute atomic E-state index is 5.43.